The van der Waals surface area contributed by atoms with Crippen LogP contribution in [0.5, 0.6) is 0 Å². The Bertz CT molecular complexity index is 678. The SMILES string of the molecule is CN(Cc1cc(-c2ccncc2)no1)C(=O)CCN1CCCCCCC1. The maximum Gasteiger partial charge on any atom is 0.224 e. The lowest BCUT2D eigenvalue weighted by Crippen LogP contribution is -2.33. The molecular weight excluding hydrogens is 328 g/mol. The van der Waals surface area contributed by atoms with Crippen LogP contribution >= 0.6 is 0 Å². The fourth-order valence-corrected chi connectivity index (χ4v) is 3.35. The molecule has 0 atom stereocenters. The monoisotopic (exact) mass is 356 g/mol. The van der Waals surface area contributed by atoms with Crippen molar-refractivity contribution in [2.24, 2.45) is 0 Å². The van der Waals surface area contributed by atoms with Gasteiger partial charge in [0, 0.05) is 44.0 Å². The molecule has 1 aliphatic heterocycles. The number of likely N-dealkylation sites (tertiary alicyclic amines) is 1. The molecule has 2 aromatic rings. The minimum atomic E-state index is 0.147. The highest BCUT2D eigenvalue weighted by atomic mass is 16.5. The third kappa shape index (κ3) is 5.39. The molecule has 0 saturated carbocycles. The second-order valence-electron chi connectivity index (χ2n) is 7.02. The Balaban J connectivity index is 1.47. The summed E-state index contributed by atoms with van der Waals surface area (Å²) >= 11 is 0. The lowest BCUT2D eigenvalue weighted by atomic mass is 10.1. The molecule has 0 aliphatic carbocycles. The number of carbonyl (C=O) groups excluding carboxylic acids is 1. The highest BCUT2D eigenvalue weighted by molar-refractivity contribution is 5.76. The molecular formula is C20H28N4O2. The van der Waals surface area contributed by atoms with Gasteiger partial charge in [0.15, 0.2) is 5.76 Å². The summed E-state index contributed by atoms with van der Waals surface area (Å²) in [6.07, 6.45) is 10.5. The second kappa shape index (κ2) is 9.48. The van der Waals surface area contributed by atoms with Crippen LogP contribution < -0.4 is 0 Å². The van der Waals surface area contributed by atoms with Crippen molar-refractivity contribution in [2.45, 2.75) is 45.1 Å². The average Bonchev–Trinajstić information content (AvgIpc) is 3.10. The van der Waals surface area contributed by atoms with Crippen LogP contribution in [0.4, 0.5) is 0 Å². The molecule has 1 saturated heterocycles. The van der Waals surface area contributed by atoms with E-state index in [-0.39, 0.29) is 5.91 Å². The van der Waals surface area contributed by atoms with Crippen LogP contribution in [0, 0.1) is 0 Å². The molecule has 1 amide bonds. The van der Waals surface area contributed by atoms with Crippen molar-refractivity contribution < 1.29 is 9.32 Å². The third-order valence-corrected chi connectivity index (χ3v) is 4.94. The Kier molecular flexibility index (Phi) is 6.77. The van der Waals surface area contributed by atoms with Gasteiger partial charge in [-0.1, -0.05) is 24.4 Å². The zero-order valence-electron chi connectivity index (χ0n) is 15.6. The Morgan fingerprint density at radius 2 is 1.85 bits per heavy atom. The lowest BCUT2D eigenvalue weighted by Gasteiger charge is -2.25. The predicted octanol–water partition coefficient (Wildman–Crippen LogP) is 3.35. The van der Waals surface area contributed by atoms with Crippen LogP contribution in [0.3, 0.4) is 0 Å². The molecule has 2 aromatic heterocycles. The van der Waals surface area contributed by atoms with Crippen LogP contribution in [-0.2, 0) is 11.3 Å². The molecule has 0 bridgehead atoms. The van der Waals surface area contributed by atoms with Gasteiger partial charge in [-0.25, -0.2) is 0 Å². The third-order valence-electron chi connectivity index (χ3n) is 4.94. The average molecular weight is 356 g/mol. The second-order valence-corrected chi connectivity index (χ2v) is 7.02. The highest BCUT2D eigenvalue weighted by Crippen LogP contribution is 2.19. The van der Waals surface area contributed by atoms with E-state index in [1.165, 1.54) is 32.1 Å². The Hall–Kier alpha value is -2.21. The molecule has 140 valence electrons. The van der Waals surface area contributed by atoms with Crippen molar-refractivity contribution in [1.29, 1.82) is 0 Å². The molecule has 0 N–H and O–H groups in total. The largest absolute Gasteiger partial charge is 0.359 e. The predicted molar refractivity (Wildman–Crippen MR) is 100 cm³/mol. The van der Waals surface area contributed by atoms with Crippen LogP contribution in [0.15, 0.2) is 35.1 Å². The van der Waals surface area contributed by atoms with E-state index in [2.05, 4.69) is 15.0 Å². The summed E-state index contributed by atoms with van der Waals surface area (Å²) in [6, 6.07) is 5.66. The molecule has 0 radical (unpaired) electrons. The fraction of sp³-hybridized carbons (Fsp3) is 0.550. The molecule has 6 nitrogen and oxygen atoms in total. The van der Waals surface area contributed by atoms with E-state index in [0.717, 1.165) is 30.9 Å². The first kappa shape index (κ1) is 18.6. The number of aromatic nitrogens is 2. The number of hydrogen-bond donors (Lipinski definition) is 0. The number of carbonyl (C=O) groups is 1. The molecule has 1 fully saturated rings. The number of nitrogens with zero attached hydrogens (tertiary/aromatic N) is 4. The van der Waals surface area contributed by atoms with Crippen molar-refractivity contribution in [3.63, 3.8) is 0 Å². The van der Waals surface area contributed by atoms with Gasteiger partial charge in [0.05, 0.1) is 6.54 Å². The summed E-state index contributed by atoms with van der Waals surface area (Å²) in [5.41, 5.74) is 1.73. The summed E-state index contributed by atoms with van der Waals surface area (Å²) < 4.78 is 5.39. The van der Waals surface area contributed by atoms with Gasteiger partial charge in [-0.05, 0) is 38.1 Å². The molecule has 6 heteroatoms. The molecule has 26 heavy (non-hydrogen) atoms. The van der Waals surface area contributed by atoms with E-state index in [9.17, 15) is 4.79 Å². The quantitative estimate of drug-likeness (QED) is 0.794. The summed E-state index contributed by atoms with van der Waals surface area (Å²) in [5.74, 6) is 0.841. The highest BCUT2D eigenvalue weighted by Gasteiger charge is 2.15. The van der Waals surface area contributed by atoms with E-state index in [4.69, 9.17) is 4.52 Å². The number of rotatable bonds is 6. The summed E-state index contributed by atoms with van der Waals surface area (Å²) in [4.78, 5) is 20.6. The van der Waals surface area contributed by atoms with Gasteiger partial charge in [-0.3, -0.25) is 9.78 Å². The minimum Gasteiger partial charge on any atom is -0.359 e. The van der Waals surface area contributed by atoms with Crippen molar-refractivity contribution >= 4 is 5.91 Å². The van der Waals surface area contributed by atoms with Gasteiger partial charge in [-0.2, -0.15) is 0 Å². The Morgan fingerprint density at radius 3 is 2.58 bits per heavy atom. The van der Waals surface area contributed by atoms with E-state index in [0.29, 0.717) is 18.7 Å². The van der Waals surface area contributed by atoms with E-state index >= 15 is 0 Å². The van der Waals surface area contributed by atoms with Gasteiger partial charge in [0.1, 0.15) is 5.69 Å². The van der Waals surface area contributed by atoms with Crippen molar-refractivity contribution in [3.05, 3.63) is 36.4 Å². The number of amides is 1. The zero-order chi connectivity index (χ0) is 18.2. The van der Waals surface area contributed by atoms with Crippen LogP contribution in [0.1, 0.15) is 44.3 Å². The molecule has 3 heterocycles. The topological polar surface area (TPSA) is 62.5 Å². The normalized spacial score (nSPS) is 16.0. The fourth-order valence-electron chi connectivity index (χ4n) is 3.35. The molecule has 3 rings (SSSR count). The molecule has 1 aliphatic rings. The van der Waals surface area contributed by atoms with Crippen molar-refractivity contribution in [2.75, 3.05) is 26.7 Å². The molecule has 0 aromatic carbocycles. The molecule has 0 spiro atoms. The van der Waals surface area contributed by atoms with Crippen molar-refractivity contribution in [1.82, 2.24) is 19.9 Å². The first-order valence-electron chi connectivity index (χ1n) is 9.55. The van der Waals surface area contributed by atoms with E-state index < -0.39 is 0 Å². The Morgan fingerprint density at radius 1 is 1.15 bits per heavy atom. The van der Waals surface area contributed by atoms with Crippen LogP contribution in [-0.4, -0.2) is 52.5 Å². The maximum atomic E-state index is 12.4. The van der Waals surface area contributed by atoms with Gasteiger partial charge in [-0.15, -0.1) is 0 Å². The summed E-state index contributed by atoms with van der Waals surface area (Å²) in [5, 5.41) is 4.09. The first-order chi connectivity index (χ1) is 12.7. The minimum absolute atomic E-state index is 0.147. The lowest BCUT2D eigenvalue weighted by molar-refractivity contribution is -0.131. The van der Waals surface area contributed by atoms with Gasteiger partial charge in [0.25, 0.3) is 0 Å². The summed E-state index contributed by atoms with van der Waals surface area (Å²) in [6.45, 7) is 3.53. The van der Waals surface area contributed by atoms with E-state index in [1.54, 1.807) is 17.3 Å². The van der Waals surface area contributed by atoms with Gasteiger partial charge >= 0.3 is 0 Å². The van der Waals surface area contributed by atoms with Crippen LogP contribution in [0.2, 0.25) is 0 Å². The zero-order valence-corrected chi connectivity index (χ0v) is 15.6. The first-order valence-corrected chi connectivity index (χ1v) is 9.55. The van der Waals surface area contributed by atoms with Gasteiger partial charge in [0.2, 0.25) is 5.91 Å². The van der Waals surface area contributed by atoms with Crippen molar-refractivity contribution in [3.8, 4) is 11.3 Å². The number of hydrogen-bond acceptors (Lipinski definition) is 5. The van der Waals surface area contributed by atoms with Crippen LogP contribution in [0.25, 0.3) is 11.3 Å². The summed E-state index contributed by atoms with van der Waals surface area (Å²) in [7, 11) is 1.82. The maximum absolute atomic E-state index is 12.4. The molecule has 0 unspecified atom stereocenters. The smallest absolute Gasteiger partial charge is 0.224 e. The van der Waals surface area contributed by atoms with E-state index in [1.807, 2.05) is 25.2 Å². The van der Waals surface area contributed by atoms with Gasteiger partial charge < -0.3 is 14.3 Å². The Labute approximate surface area is 155 Å². The number of pyridine rings is 1. The standard InChI is InChI=1S/C20H28N4O2/c1-23(20(25)9-14-24-12-5-3-2-4-6-13-24)16-18-15-19(22-26-18)17-7-10-21-11-8-17/h7-8,10-11,15H,2-6,9,12-14,16H2,1H3.